The first kappa shape index (κ1) is 15.3. The number of aryl methyl sites for hydroxylation is 1. The highest BCUT2D eigenvalue weighted by molar-refractivity contribution is 6.33. The summed E-state index contributed by atoms with van der Waals surface area (Å²) in [4.78, 5) is 4.32. The largest absolute Gasteiger partial charge is 0.330 e. The predicted octanol–water partition coefficient (Wildman–Crippen LogP) is 4.69. The van der Waals surface area contributed by atoms with E-state index >= 15 is 0 Å². The van der Waals surface area contributed by atoms with Crippen molar-refractivity contribution in [2.75, 3.05) is 0 Å². The van der Waals surface area contributed by atoms with Crippen molar-refractivity contribution in [1.29, 1.82) is 5.26 Å². The van der Waals surface area contributed by atoms with Gasteiger partial charge in [0.05, 0.1) is 18.2 Å². The molecular weight excluding hydrogens is 306 g/mol. The van der Waals surface area contributed by atoms with E-state index in [9.17, 15) is 5.26 Å². The van der Waals surface area contributed by atoms with E-state index in [4.69, 9.17) is 11.6 Å². The van der Waals surface area contributed by atoms with Gasteiger partial charge in [0.25, 0.3) is 0 Å². The molecule has 3 rings (SSSR count). The average Bonchev–Trinajstić information content (AvgIpc) is 3.03. The Kier molecular flexibility index (Phi) is 4.45. The monoisotopic (exact) mass is 321 g/mol. The maximum atomic E-state index is 9.52. The standard InChI is InChI=1S/C19H16ClN3/c1-2-19-22-8-9-23(19)13-16-11-18(20)17(10-15(16)12-21)14-6-4-3-5-7-14/h3-11H,2,13H2,1H3. The average molecular weight is 322 g/mol. The van der Waals surface area contributed by atoms with Gasteiger partial charge in [-0.05, 0) is 23.3 Å². The first-order chi connectivity index (χ1) is 11.2. The van der Waals surface area contributed by atoms with Crippen LogP contribution in [0.2, 0.25) is 5.02 Å². The molecule has 114 valence electrons. The third-order valence-electron chi connectivity index (χ3n) is 3.86. The Morgan fingerprint density at radius 3 is 2.70 bits per heavy atom. The number of nitriles is 1. The van der Waals surface area contributed by atoms with Crippen molar-refractivity contribution in [2.24, 2.45) is 0 Å². The Balaban J connectivity index is 2.03. The summed E-state index contributed by atoms with van der Waals surface area (Å²) < 4.78 is 2.05. The van der Waals surface area contributed by atoms with E-state index < -0.39 is 0 Å². The van der Waals surface area contributed by atoms with E-state index in [1.807, 2.05) is 48.7 Å². The quantitative estimate of drug-likeness (QED) is 0.699. The van der Waals surface area contributed by atoms with Gasteiger partial charge in [-0.25, -0.2) is 4.98 Å². The molecule has 2 aromatic carbocycles. The normalized spacial score (nSPS) is 10.5. The topological polar surface area (TPSA) is 41.6 Å². The minimum Gasteiger partial charge on any atom is -0.330 e. The molecule has 0 bridgehead atoms. The lowest BCUT2D eigenvalue weighted by atomic mass is 9.99. The van der Waals surface area contributed by atoms with E-state index in [0.29, 0.717) is 17.1 Å². The molecule has 0 spiro atoms. The van der Waals surface area contributed by atoms with Gasteiger partial charge in [-0.2, -0.15) is 5.26 Å². The molecule has 0 N–H and O–H groups in total. The lowest BCUT2D eigenvalue weighted by molar-refractivity contribution is 0.731. The summed E-state index contributed by atoms with van der Waals surface area (Å²) in [5.41, 5.74) is 3.44. The van der Waals surface area contributed by atoms with Gasteiger partial charge in [0.15, 0.2) is 0 Å². The SMILES string of the molecule is CCc1nccn1Cc1cc(Cl)c(-c2ccccc2)cc1C#N. The summed E-state index contributed by atoms with van der Waals surface area (Å²) >= 11 is 6.47. The molecule has 1 heterocycles. The summed E-state index contributed by atoms with van der Waals surface area (Å²) in [5, 5.41) is 10.2. The molecule has 0 aliphatic heterocycles. The van der Waals surface area contributed by atoms with Crippen molar-refractivity contribution in [3.8, 4) is 17.2 Å². The highest BCUT2D eigenvalue weighted by atomic mass is 35.5. The van der Waals surface area contributed by atoms with Crippen LogP contribution >= 0.6 is 11.6 Å². The van der Waals surface area contributed by atoms with E-state index in [-0.39, 0.29) is 0 Å². The summed E-state index contributed by atoms with van der Waals surface area (Å²) in [6.45, 7) is 2.66. The number of halogens is 1. The minimum absolute atomic E-state index is 0.598. The van der Waals surface area contributed by atoms with Crippen LogP contribution in [0.25, 0.3) is 11.1 Å². The Labute approximate surface area is 140 Å². The fourth-order valence-electron chi connectivity index (χ4n) is 2.67. The second kappa shape index (κ2) is 6.68. The van der Waals surface area contributed by atoms with Crippen LogP contribution in [-0.4, -0.2) is 9.55 Å². The van der Waals surface area contributed by atoms with Gasteiger partial charge < -0.3 is 4.57 Å². The number of rotatable bonds is 4. The molecule has 0 amide bonds. The van der Waals surface area contributed by atoms with Gasteiger partial charge in [-0.15, -0.1) is 0 Å². The van der Waals surface area contributed by atoms with Crippen LogP contribution in [0.5, 0.6) is 0 Å². The maximum absolute atomic E-state index is 9.52. The van der Waals surface area contributed by atoms with E-state index in [1.54, 1.807) is 6.20 Å². The summed E-state index contributed by atoms with van der Waals surface area (Å²) in [6, 6.07) is 15.9. The van der Waals surface area contributed by atoms with Gasteiger partial charge in [0.2, 0.25) is 0 Å². The fourth-order valence-corrected chi connectivity index (χ4v) is 2.97. The molecular formula is C19H16ClN3. The zero-order valence-electron chi connectivity index (χ0n) is 12.8. The van der Waals surface area contributed by atoms with Crippen LogP contribution in [0.15, 0.2) is 54.9 Å². The molecule has 0 aliphatic carbocycles. The highest BCUT2D eigenvalue weighted by Gasteiger charge is 2.12. The maximum Gasteiger partial charge on any atom is 0.108 e. The van der Waals surface area contributed by atoms with Gasteiger partial charge in [0.1, 0.15) is 5.82 Å². The Morgan fingerprint density at radius 2 is 2.00 bits per heavy atom. The molecule has 3 nitrogen and oxygen atoms in total. The molecule has 1 aromatic heterocycles. The highest BCUT2D eigenvalue weighted by Crippen LogP contribution is 2.31. The molecule has 0 saturated heterocycles. The predicted molar refractivity (Wildman–Crippen MR) is 92.3 cm³/mol. The number of imidazole rings is 1. The number of nitrogens with zero attached hydrogens (tertiary/aromatic N) is 3. The Hall–Kier alpha value is -2.57. The fraction of sp³-hybridized carbons (Fsp3) is 0.158. The van der Waals surface area contributed by atoms with Gasteiger partial charge in [-0.1, -0.05) is 48.9 Å². The lowest BCUT2D eigenvalue weighted by Crippen LogP contribution is -2.05. The molecule has 23 heavy (non-hydrogen) atoms. The van der Waals surface area contributed by atoms with E-state index in [0.717, 1.165) is 28.9 Å². The molecule has 0 radical (unpaired) electrons. The van der Waals surface area contributed by atoms with Crippen molar-refractivity contribution in [1.82, 2.24) is 9.55 Å². The second-order valence-electron chi connectivity index (χ2n) is 5.29. The zero-order valence-corrected chi connectivity index (χ0v) is 13.6. The number of hydrogen-bond acceptors (Lipinski definition) is 2. The number of aromatic nitrogens is 2. The number of hydrogen-bond donors (Lipinski definition) is 0. The second-order valence-corrected chi connectivity index (χ2v) is 5.70. The molecule has 0 aliphatic rings. The van der Waals surface area contributed by atoms with Crippen molar-refractivity contribution < 1.29 is 0 Å². The van der Waals surface area contributed by atoms with E-state index in [1.165, 1.54) is 0 Å². The van der Waals surface area contributed by atoms with Gasteiger partial charge in [-0.3, -0.25) is 0 Å². The van der Waals surface area contributed by atoms with Crippen LogP contribution in [0.1, 0.15) is 23.9 Å². The molecule has 0 fully saturated rings. The third-order valence-corrected chi connectivity index (χ3v) is 4.17. The van der Waals surface area contributed by atoms with Crippen molar-refractivity contribution in [3.63, 3.8) is 0 Å². The van der Waals surface area contributed by atoms with Crippen LogP contribution in [-0.2, 0) is 13.0 Å². The van der Waals surface area contributed by atoms with Crippen LogP contribution < -0.4 is 0 Å². The van der Waals surface area contributed by atoms with Crippen molar-refractivity contribution in [3.05, 3.63) is 76.8 Å². The van der Waals surface area contributed by atoms with Crippen molar-refractivity contribution in [2.45, 2.75) is 19.9 Å². The zero-order chi connectivity index (χ0) is 16.2. The first-order valence-corrected chi connectivity index (χ1v) is 7.88. The van der Waals surface area contributed by atoms with Crippen LogP contribution in [0, 0.1) is 11.3 Å². The van der Waals surface area contributed by atoms with E-state index in [2.05, 4.69) is 22.5 Å². The third kappa shape index (κ3) is 3.13. The van der Waals surface area contributed by atoms with Gasteiger partial charge in [0, 0.05) is 29.4 Å². The van der Waals surface area contributed by atoms with Crippen LogP contribution in [0.4, 0.5) is 0 Å². The number of benzene rings is 2. The Morgan fingerprint density at radius 1 is 1.22 bits per heavy atom. The first-order valence-electron chi connectivity index (χ1n) is 7.51. The molecule has 0 unspecified atom stereocenters. The summed E-state index contributed by atoms with van der Waals surface area (Å²) in [7, 11) is 0. The van der Waals surface area contributed by atoms with Crippen molar-refractivity contribution >= 4 is 11.6 Å². The smallest absolute Gasteiger partial charge is 0.108 e. The summed E-state index contributed by atoms with van der Waals surface area (Å²) in [6.07, 6.45) is 4.56. The lowest BCUT2D eigenvalue weighted by Gasteiger charge is -2.12. The molecule has 4 heteroatoms. The summed E-state index contributed by atoms with van der Waals surface area (Å²) in [5.74, 6) is 0.997. The van der Waals surface area contributed by atoms with Gasteiger partial charge >= 0.3 is 0 Å². The molecule has 0 saturated carbocycles. The van der Waals surface area contributed by atoms with Crippen LogP contribution in [0.3, 0.4) is 0 Å². The molecule has 0 atom stereocenters. The Bertz CT molecular complexity index is 860. The minimum atomic E-state index is 0.598. The molecule has 3 aromatic rings.